The van der Waals surface area contributed by atoms with E-state index in [1.54, 1.807) is 4.90 Å². The Kier molecular flexibility index (Phi) is 7.32. The van der Waals surface area contributed by atoms with E-state index in [0.29, 0.717) is 26.3 Å². The van der Waals surface area contributed by atoms with Crippen LogP contribution < -0.4 is 5.32 Å². The molecule has 1 fully saturated rings. The second-order valence-electron chi connectivity index (χ2n) is 4.67. The third-order valence-corrected chi connectivity index (χ3v) is 3.22. The largest absolute Gasteiger partial charge is 0.481 e. The quantitative estimate of drug-likeness (QED) is 0.637. The van der Waals surface area contributed by atoms with Gasteiger partial charge in [-0.3, -0.25) is 4.79 Å². The maximum atomic E-state index is 12.2. The highest BCUT2D eigenvalue weighted by atomic mass is 16.5. The van der Waals surface area contributed by atoms with Crippen LogP contribution in [0.25, 0.3) is 0 Å². The average Bonchev–Trinajstić information content (AvgIpc) is 2.90. The topological polar surface area (TPSA) is 88.1 Å². The molecule has 0 aromatic heterocycles. The fourth-order valence-electron chi connectivity index (χ4n) is 2.22. The number of aliphatic carboxylic acids is 1. The van der Waals surface area contributed by atoms with Crippen molar-refractivity contribution in [1.29, 1.82) is 0 Å². The zero-order valence-corrected chi connectivity index (χ0v) is 12.1. The van der Waals surface area contributed by atoms with Crippen molar-refractivity contribution < 1.29 is 24.2 Å². The molecule has 0 aromatic carbocycles. The number of hydrogen-bond acceptors (Lipinski definition) is 4. The fourth-order valence-corrected chi connectivity index (χ4v) is 2.22. The summed E-state index contributed by atoms with van der Waals surface area (Å²) in [6, 6.07) is -0.659. The highest BCUT2D eigenvalue weighted by Gasteiger charge is 2.39. The van der Waals surface area contributed by atoms with E-state index < -0.39 is 17.9 Å². The third kappa shape index (κ3) is 4.64. The van der Waals surface area contributed by atoms with Gasteiger partial charge in [0.1, 0.15) is 5.92 Å². The van der Waals surface area contributed by atoms with Crippen molar-refractivity contribution in [3.05, 3.63) is 0 Å². The SMILES string of the molecule is CCCN(C(=O)NCCOCC)C1COCC1C(=O)O. The van der Waals surface area contributed by atoms with E-state index in [0.717, 1.165) is 6.42 Å². The van der Waals surface area contributed by atoms with Crippen molar-refractivity contribution in [3.63, 3.8) is 0 Å². The molecule has 7 nitrogen and oxygen atoms in total. The van der Waals surface area contributed by atoms with E-state index in [9.17, 15) is 14.7 Å². The monoisotopic (exact) mass is 288 g/mol. The van der Waals surface area contributed by atoms with Gasteiger partial charge in [0.2, 0.25) is 0 Å². The molecule has 1 saturated heterocycles. The van der Waals surface area contributed by atoms with Gasteiger partial charge in [0.15, 0.2) is 0 Å². The summed E-state index contributed by atoms with van der Waals surface area (Å²) >= 11 is 0. The molecule has 20 heavy (non-hydrogen) atoms. The van der Waals surface area contributed by atoms with Crippen LogP contribution in [0.2, 0.25) is 0 Å². The predicted octanol–water partition coefficient (Wildman–Crippen LogP) is 0.544. The highest BCUT2D eigenvalue weighted by Crippen LogP contribution is 2.20. The number of rotatable bonds is 8. The lowest BCUT2D eigenvalue weighted by atomic mass is 10.0. The lowest BCUT2D eigenvalue weighted by Gasteiger charge is -2.30. The number of nitrogens with zero attached hydrogens (tertiary/aromatic N) is 1. The molecule has 0 aromatic rings. The smallest absolute Gasteiger partial charge is 0.317 e. The van der Waals surface area contributed by atoms with Gasteiger partial charge in [0, 0.05) is 19.7 Å². The van der Waals surface area contributed by atoms with Crippen LogP contribution in [0.15, 0.2) is 0 Å². The van der Waals surface area contributed by atoms with Crippen molar-refractivity contribution >= 4 is 12.0 Å². The molecule has 0 aliphatic carbocycles. The first-order valence-electron chi connectivity index (χ1n) is 7.04. The van der Waals surface area contributed by atoms with Crippen LogP contribution in [0.5, 0.6) is 0 Å². The molecule has 2 atom stereocenters. The minimum absolute atomic E-state index is 0.159. The number of carboxylic acid groups (broad SMARTS) is 1. The minimum atomic E-state index is -0.921. The number of carbonyl (C=O) groups excluding carboxylic acids is 1. The molecule has 7 heteroatoms. The van der Waals surface area contributed by atoms with Gasteiger partial charge in [-0.2, -0.15) is 0 Å². The van der Waals surface area contributed by atoms with Gasteiger partial charge >= 0.3 is 12.0 Å². The Labute approximate surface area is 119 Å². The lowest BCUT2D eigenvalue weighted by Crippen LogP contribution is -2.51. The molecule has 0 spiro atoms. The summed E-state index contributed by atoms with van der Waals surface area (Å²) in [4.78, 5) is 24.9. The summed E-state index contributed by atoms with van der Waals surface area (Å²) in [6.45, 7) is 6.25. The summed E-state index contributed by atoms with van der Waals surface area (Å²) in [5, 5.41) is 11.9. The molecule has 1 heterocycles. The Balaban J connectivity index is 2.58. The van der Waals surface area contributed by atoms with Crippen LogP contribution in [0.3, 0.4) is 0 Å². The van der Waals surface area contributed by atoms with Gasteiger partial charge in [-0.05, 0) is 13.3 Å². The second-order valence-corrected chi connectivity index (χ2v) is 4.67. The molecule has 0 radical (unpaired) electrons. The molecule has 0 bridgehead atoms. The summed E-state index contributed by atoms with van der Waals surface area (Å²) in [6.07, 6.45) is 0.766. The van der Waals surface area contributed by atoms with E-state index in [4.69, 9.17) is 9.47 Å². The Morgan fingerprint density at radius 3 is 2.75 bits per heavy atom. The van der Waals surface area contributed by atoms with Crippen LogP contribution in [0.1, 0.15) is 20.3 Å². The molecule has 2 amide bonds. The van der Waals surface area contributed by atoms with Gasteiger partial charge in [-0.25, -0.2) is 4.79 Å². The predicted molar refractivity (Wildman–Crippen MR) is 72.6 cm³/mol. The molecule has 116 valence electrons. The lowest BCUT2D eigenvalue weighted by molar-refractivity contribution is -0.142. The van der Waals surface area contributed by atoms with Crippen LogP contribution in [-0.2, 0) is 14.3 Å². The van der Waals surface area contributed by atoms with Gasteiger partial charge in [0.25, 0.3) is 0 Å². The zero-order valence-electron chi connectivity index (χ0n) is 12.1. The van der Waals surface area contributed by atoms with Gasteiger partial charge in [-0.1, -0.05) is 6.92 Å². The number of urea groups is 1. The standard InChI is InChI=1S/C13H24N2O5/c1-3-6-15(13(18)14-5-7-19-4-2)11-9-20-8-10(11)12(16)17/h10-11H,3-9H2,1-2H3,(H,14,18)(H,16,17). The van der Waals surface area contributed by atoms with E-state index >= 15 is 0 Å². The number of nitrogens with one attached hydrogen (secondary N) is 1. The zero-order chi connectivity index (χ0) is 15.0. The Hall–Kier alpha value is -1.34. The minimum Gasteiger partial charge on any atom is -0.481 e. The molecule has 0 saturated carbocycles. The average molecular weight is 288 g/mol. The Bertz CT molecular complexity index is 324. The van der Waals surface area contributed by atoms with Crippen LogP contribution in [0.4, 0.5) is 4.79 Å². The fraction of sp³-hybridized carbons (Fsp3) is 0.846. The number of ether oxygens (including phenoxy) is 2. The van der Waals surface area contributed by atoms with Crippen molar-refractivity contribution in [3.8, 4) is 0 Å². The normalized spacial score (nSPS) is 21.7. The van der Waals surface area contributed by atoms with Crippen LogP contribution >= 0.6 is 0 Å². The van der Waals surface area contributed by atoms with E-state index in [-0.39, 0.29) is 19.2 Å². The maximum absolute atomic E-state index is 12.2. The first kappa shape index (κ1) is 16.7. The molecule has 1 aliphatic heterocycles. The van der Waals surface area contributed by atoms with Crippen LogP contribution in [0, 0.1) is 5.92 Å². The van der Waals surface area contributed by atoms with Crippen molar-refractivity contribution in [2.75, 3.05) is 39.5 Å². The molecular weight excluding hydrogens is 264 g/mol. The summed E-state index contributed by atoms with van der Waals surface area (Å²) < 4.78 is 10.4. The van der Waals surface area contributed by atoms with Crippen molar-refractivity contribution in [2.24, 2.45) is 5.92 Å². The third-order valence-electron chi connectivity index (χ3n) is 3.22. The van der Waals surface area contributed by atoms with Crippen LogP contribution in [-0.4, -0.2) is 67.6 Å². The number of carbonyl (C=O) groups is 2. The van der Waals surface area contributed by atoms with Crippen molar-refractivity contribution in [1.82, 2.24) is 10.2 Å². The van der Waals surface area contributed by atoms with Gasteiger partial charge < -0.3 is 24.8 Å². The summed E-state index contributed by atoms with van der Waals surface area (Å²) in [5.74, 6) is -1.57. The first-order valence-corrected chi connectivity index (χ1v) is 7.04. The van der Waals surface area contributed by atoms with E-state index in [1.807, 2.05) is 13.8 Å². The maximum Gasteiger partial charge on any atom is 0.317 e. The Morgan fingerprint density at radius 1 is 1.40 bits per heavy atom. The molecule has 1 rings (SSSR count). The van der Waals surface area contributed by atoms with Gasteiger partial charge in [-0.15, -0.1) is 0 Å². The van der Waals surface area contributed by atoms with Gasteiger partial charge in [0.05, 0.1) is 25.9 Å². The second kappa shape index (κ2) is 8.76. The highest BCUT2D eigenvalue weighted by molar-refractivity contribution is 5.77. The number of hydrogen-bond donors (Lipinski definition) is 2. The van der Waals surface area contributed by atoms with Crippen molar-refractivity contribution in [2.45, 2.75) is 26.3 Å². The number of carboxylic acids is 1. The number of amides is 2. The van der Waals surface area contributed by atoms with E-state index in [1.165, 1.54) is 0 Å². The molecule has 2 unspecified atom stereocenters. The molecule has 1 aliphatic rings. The Morgan fingerprint density at radius 2 is 2.15 bits per heavy atom. The summed E-state index contributed by atoms with van der Waals surface area (Å²) in [5.41, 5.74) is 0. The summed E-state index contributed by atoms with van der Waals surface area (Å²) in [7, 11) is 0. The first-order chi connectivity index (χ1) is 9.61. The molecule has 2 N–H and O–H groups in total. The van der Waals surface area contributed by atoms with E-state index in [2.05, 4.69) is 5.32 Å². The molecular formula is C13H24N2O5.